The molecule has 0 amide bonds. The molecular formula is C12H6F4INO. The van der Waals surface area contributed by atoms with Crippen LogP contribution in [0.3, 0.4) is 0 Å². The van der Waals surface area contributed by atoms with Crippen molar-refractivity contribution in [2.45, 2.75) is 6.36 Å². The SMILES string of the molecule is Fc1ncc(I)cc1-c1cccc(OC(F)(F)F)c1. The summed E-state index contributed by atoms with van der Waals surface area (Å²) in [6.45, 7) is 0. The van der Waals surface area contributed by atoms with Crippen LogP contribution in [0.1, 0.15) is 0 Å². The molecule has 1 aromatic heterocycles. The van der Waals surface area contributed by atoms with Crippen molar-refractivity contribution in [3.8, 4) is 16.9 Å². The first-order chi connectivity index (χ1) is 8.85. The third-order valence-corrected chi connectivity index (χ3v) is 2.77. The van der Waals surface area contributed by atoms with Gasteiger partial charge in [-0.05, 0) is 46.4 Å². The van der Waals surface area contributed by atoms with Crippen molar-refractivity contribution in [1.82, 2.24) is 4.98 Å². The quantitative estimate of drug-likeness (QED) is 0.436. The highest BCUT2D eigenvalue weighted by Crippen LogP contribution is 2.29. The average Bonchev–Trinajstić information content (AvgIpc) is 2.30. The second kappa shape index (κ2) is 5.32. The predicted octanol–water partition coefficient (Wildman–Crippen LogP) is 4.39. The van der Waals surface area contributed by atoms with Gasteiger partial charge in [-0.25, -0.2) is 4.98 Å². The Labute approximate surface area is 119 Å². The molecule has 2 rings (SSSR count). The highest BCUT2D eigenvalue weighted by molar-refractivity contribution is 14.1. The average molecular weight is 383 g/mol. The molecule has 2 aromatic rings. The van der Waals surface area contributed by atoms with Gasteiger partial charge in [-0.3, -0.25) is 0 Å². The monoisotopic (exact) mass is 383 g/mol. The minimum absolute atomic E-state index is 0.125. The van der Waals surface area contributed by atoms with E-state index in [4.69, 9.17) is 0 Å². The summed E-state index contributed by atoms with van der Waals surface area (Å²) in [4.78, 5) is 3.52. The Hall–Kier alpha value is -1.38. The Kier molecular flexibility index (Phi) is 3.93. The van der Waals surface area contributed by atoms with Gasteiger partial charge in [-0.15, -0.1) is 13.2 Å². The zero-order chi connectivity index (χ0) is 14.0. The van der Waals surface area contributed by atoms with E-state index in [1.54, 1.807) is 0 Å². The minimum Gasteiger partial charge on any atom is -0.406 e. The summed E-state index contributed by atoms with van der Waals surface area (Å²) >= 11 is 1.94. The van der Waals surface area contributed by atoms with Crippen LogP contribution in [0.4, 0.5) is 17.6 Å². The summed E-state index contributed by atoms with van der Waals surface area (Å²) in [5, 5.41) is 0. The van der Waals surface area contributed by atoms with Crippen molar-refractivity contribution in [3.05, 3.63) is 46.0 Å². The van der Waals surface area contributed by atoms with E-state index in [9.17, 15) is 17.6 Å². The van der Waals surface area contributed by atoms with Crippen LogP contribution in [0.25, 0.3) is 11.1 Å². The number of hydrogen-bond acceptors (Lipinski definition) is 2. The maximum atomic E-state index is 13.5. The molecule has 0 saturated heterocycles. The Morgan fingerprint density at radius 2 is 1.89 bits per heavy atom. The summed E-state index contributed by atoms with van der Waals surface area (Å²) in [7, 11) is 0. The van der Waals surface area contributed by atoms with E-state index in [0.29, 0.717) is 3.57 Å². The first-order valence-electron chi connectivity index (χ1n) is 5.02. The molecule has 0 atom stereocenters. The summed E-state index contributed by atoms with van der Waals surface area (Å²) < 4.78 is 54.3. The Balaban J connectivity index is 2.40. The van der Waals surface area contributed by atoms with Crippen molar-refractivity contribution in [2.24, 2.45) is 0 Å². The molecule has 0 aliphatic heterocycles. The van der Waals surface area contributed by atoms with Gasteiger partial charge in [0.1, 0.15) is 5.75 Å². The molecular weight excluding hydrogens is 377 g/mol. The van der Waals surface area contributed by atoms with Gasteiger partial charge in [0.25, 0.3) is 0 Å². The standard InChI is InChI=1S/C12H6F4INO/c13-11-10(5-8(17)6-18-11)7-2-1-3-9(4-7)19-12(14,15)16/h1-6H. The van der Waals surface area contributed by atoms with Gasteiger partial charge in [0.15, 0.2) is 0 Å². The lowest BCUT2D eigenvalue weighted by atomic mass is 10.1. The third kappa shape index (κ3) is 3.79. The van der Waals surface area contributed by atoms with Crippen molar-refractivity contribution < 1.29 is 22.3 Å². The fourth-order valence-electron chi connectivity index (χ4n) is 1.49. The smallest absolute Gasteiger partial charge is 0.406 e. The number of pyridine rings is 1. The molecule has 0 fully saturated rings. The molecule has 0 aliphatic rings. The van der Waals surface area contributed by atoms with Gasteiger partial charge < -0.3 is 4.74 Å². The molecule has 7 heteroatoms. The van der Waals surface area contributed by atoms with Crippen molar-refractivity contribution >= 4 is 22.6 Å². The first kappa shape index (κ1) is 14.0. The van der Waals surface area contributed by atoms with E-state index in [0.717, 1.165) is 12.1 Å². The van der Waals surface area contributed by atoms with Crippen LogP contribution >= 0.6 is 22.6 Å². The largest absolute Gasteiger partial charge is 0.573 e. The molecule has 2 nitrogen and oxygen atoms in total. The van der Waals surface area contributed by atoms with Crippen LogP contribution in [-0.4, -0.2) is 11.3 Å². The molecule has 0 aliphatic carbocycles. The van der Waals surface area contributed by atoms with Gasteiger partial charge in [-0.2, -0.15) is 4.39 Å². The van der Waals surface area contributed by atoms with E-state index in [2.05, 4.69) is 9.72 Å². The van der Waals surface area contributed by atoms with E-state index in [-0.39, 0.29) is 11.1 Å². The highest BCUT2D eigenvalue weighted by atomic mass is 127. The van der Waals surface area contributed by atoms with Crippen LogP contribution in [0, 0.1) is 9.52 Å². The van der Waals surface area contributed by atoms with E-state index in [1.807, 2.05) is 22.6 Å². The number of rotatable bonds is 2. The topological polar surface area (TPSA) is 22.1 Å². The molecule has 0 radical (unpaired) electrons. The Bertz CT molecular complexity index is 601. The molecule has 1 heterocycles. The lowest BCUT2D eigenvalue weighted by Crippen LogP contribution is -2.17. The molecule has 19 heavy (non-hydrogen) atoms. The van der Waals surface area contributed by atoms with Gasteiger partial charge in [0, 0.05) is 15.3 Å². The number of alkyl halides is 3. The van der Waals surface area contributed by atoms with Crippen LogP contribution in [-0.2, 0) is 0 Å². The van der Waals surface area contributed by atoms with Crippen LogP contribution in [0.5, 0.6) is 5.75 Å². The normalized spacial score (nSPS) is 11.4. The molecule has 100 valence electrons. The molecule has 0 N–H and O–H groups in total. The molecule has 0 spiro atoms. The predicted molar refractivity (Wildman–Crippen MR) is 69.0 cm³/mol. The number of nitrogens with zero attached hydrogens (tertiary/aromatic N) is 1. The van der Waals surface area contributed by atoms with Crippen molar-refractivity contribution in [2.75, 3.05) is 0 Å². The lowest BCUT2D eigenvalue weighted by Gasteiger charge is -2.10. The zero-order valence-electron chi connectivity index (χ0n) is 9.21. The number of ether oxygens (including phenoxy) is 1. The summed E-state index contributed by atoms with van der Waals surface area (Å²) in [6, 6.07) is 6.60. The number of halogens is 5. The van der Waals surface area contributed by atoms with Gasteiger partial charge >= 0.3 is 6.36 Å². The number of hydrogen-bond donors (Lipinski definition) is 0. The fourth-order valence-corrected chi connectivity index (χ4v) is 1.94. The zero-order valence-corrected chi connectivity index (χ0v) is 11.4. The molecule has 0 bridgehead atoms. The van der Waals surface area contributed by atoms with Crippen LogP contribution in [0.2, 0.25) is 0 Å². The lowest BCUT2D eigenvalue weighted by molar-refractivity contribution is -0.274. The first-order valence-corrected chi connectivity index (χ1v) is 6.10. The fraction of sp³-hybridized carbons (Fsp3) is 0.0833. The summed E-state index contributed by atoms with van der Waals surface area (Å²) in [6.07, 6.45) is -3.45. The third-order valence-electron chi connectivity index (χ3n) is 2.18. The maximum absolute atomic E-state index is 13.5. The van der Waals surface area contributed by atoms with Gasteiger partial charge in [0.05, 0.1) is 0 Å². The molecule has 0 unspecified atom stereocenters. The Morgan fingerprint density at radius 3 is 2.58 bits per heavy atom. The molecule has 1 aromatic carbocycles. The molecule has 0 saturated carbocycles. The number of benzene rings is 1. The van der Waals surface area contributed by atoms with E-state index < -0.39 is 18.1 Å². The highest BCUT2D eigenvalue weighted by Gasteiger charge is 2.31. The van der Waals surface area contributed by atoms with Crippen LogP contribution < -0.4 is 4.74 Å². The summed E-state index contributed by atoms with van der Waals surface area (Å²) in [5.74, 6) is -1.15. The van der Waals surface area contributed by atoms with E-state index in [1.165, 1.54) is 24.4 Å². The maximum Gasteiger partial charge on any atom is 0.573 e. The van der Waals surface area contributed by atoms with Crippen LogP contribution in [0.15, 0.2) is 36.5 Å². The van der Waals surface area contributed by atoms with E-state index >= 15 is 0 Å². The van der Waals surface area contributed by atoms with Gasteiger partial charge in [-0.1, -0.05) is 12.1 Å². The second-order valence-electron chi connectivity index (χ2n) is 3.57. The van der Waals surface area contributed by atoms with Crippen molar-refractivity contribution in [3.63, 3.8) is 0 Å². The number of aromatic nitrogens is 1. The van der Waals surface area contributed by atoms with Crippen molar-refractivity contribution in [1.29, 1.82) is 0 Å². The summed E-state index contributed by atoms with van der Waals surface area (Å²) in [5.41, 5.74) is 0.393. The second-order valence-corrected chi connectivity index (χ2v) is 4.81. The van der Waals surface area contributed by atoms with Gasteiger partial charge in [0.2, 0.25) is 5.95 Å². The minimum atomic E-state index is -4.78. The Morgan fingerprint density at radius 1 is 1.16 bits per heavy atom.